The van der Waals surface area contributed by atoms with Crippen molar-refractivity contribution in [2.24, 2.45) is 0 Å². The number of nitrogens with zero attached hydrogens (tertiary/aromatic N) is 1. The van der Waals surface area contributed by atoms with Crippen LogP contribution < -0.4 is 0 Å². The smallest absolute Gasteiger partial charge is 0.258 e. The van der Waals surface area contributed by atoms with Crippen LogP contribution in [-0.4, -0.2) is 4.92 Å². The van der Waals surface area contributed by atoms with Crippen molar-refractivity contribution in [1.29, 1.82) is 0 Å². The first-order valence-corrected chi connectivity index (χ1v) is 6.51. The molecule has 3 nitrogen and oxygen atoms in total. The SMILES string of the molecule is CC[C@@H](C#Cc1ccc([N+](=O)[O-])cc1)c1ccccc1. The number of nitro groups is 1. The van der Waals surface area contributed by atoms with Crippen molar-refractivity contribution < 1.29 is 4.92 Å². The second-order valence-corrected chi connectivity index (χ2v) is 4.44. The Hall–Kier alpha value is -2.60. The highest BCUT2D eigenvalue weighted by molar-refractivity contribution is 5.42. The van der Waals surface area contributed by atoms with Crippen LogP contribution in [0.25, 0.3) is 0 Å². The fraction of sp³-hybridized carbons (Fsp3) is 0.176. The minimum atomic E-state index is -0.407. The molecule has 20 heavy (non-hydrogen) atoms. The molecule has 1 atom stereocenters. The molecule has 0 fully saturated rings. The second kappa shape index (κ2) is 6.53. The van der Waals surface area contributed by atoms with Gasteiger partial charge in [0.15, 0.2) is 0 Å². The maximum Gasteiger partial charge on any atom is 0.269 e. The molecule has 0 aliphatic carbocycles. The van der Waals surface area contributed by atoms with Crippen LogP contribution in [0.3, 0.4) is 0 Å². The zero-order valence-corrected chi connectivity index (χ0v) is 11.2. The highest BCUT2D eigenvalue weighted by atomic mass is 16.6. The van der Waals surface area contributed by atoms with Crippen LogP contribution in [0.4, 0.5) is 5.69 Å². The summed E-state index contributed by atoms with van der Waals surface area (Å²) in [6, 6.07) is 16.5. The van der Waals surface area contributed by atoms with E-state index in [0.29, 0.717) is 0 Å². The monoisotopic (exact) mass is 265 g/mol. The van der Waals surface area contributed by atoms with E-state index in [4.69, 9.17) is 0 Å². The highest BCUT2D eigenvalue weighted by Gasteiger charge is 2.05. The number of benzene rings is 2. The predicted octanol–water partition coefficient (Wildman–Crippen LogP) is 4.14. The van der Waals surface area contributed by atoms with E-state index in [9.17, 15) is 10.1 Å². The lowest BCUT2D eigenvalue weighted by Gasteiger charge is -2.07. The molecule has 0 unspecified atom stereocenters. The minimum absolute atomic E-state index is 0.0886. The zero-order chi connectivity index (χ0) is 14.4. The molecule has 0 aliphatic heterocycles. The Morgan fingerprint density at radius 2 is 1.75 bits per heavy atom. The first-order chi connectivity index (χ1) is 9.70. The molecule has 3 heteroatoms. The average molecular weight is 265 g/mol. The summed E-state index contributed by atoms with van der Waals surface area (Å²) < 4.78 is 0. The number of hydrogen-bond donors (Lipinski definition) is 0. The average Bonchev–Trinajstić information content (AvgIpc) is 2.49. The third-order valence-corrected chi connectivity index (χ3v) is 3.08. The number of rotatable bonds is 3. The lowest BCUT2D eigenvalue weighted by Crippen LogP contribution is -1.93. The van der Waals surface area contributed by atoms with Gasteiger partial charge in [-0.15, -0.1) is 0 Å². The molecule has 0 radical (unpaired) electrons. The van der Waals surface area contributed by atoms with E-state index < -0.39 is 4.92 Å². The van der Waals surface area contributed by atoms with Crippen LogP contribution in [0.15, 0.2) is 54.6 Å². The maximum absolute atomic E-state index is 10.6. The Bertz CT molecular complexity index is 636. The van der Waals surface area contributed by atoms with Crippen LogP contribution in [0.5, 0.6) is 0 Å². The van der Waals surface area contributed by atoms with E-state index in [2.05, 4.69) is 30.9 Å². The summed E-state index contributed by atoms with van der Waals surface area (Å²) in [6.45, 7) is 2.10. The second-order valence-electron chi connectivity index (χ2n) is 4.44. The quantitative estimate of drug-likeness (QED) is 0.475. The molecule has 0 aliphatic rings. The molecule has 100 valence electrons. The van der Waals surface area contributed by atoms with Gasteiger partial charge in [-0.3, -0.25) is 10.1 Å². The Morgan fingerprint density at radius 1 is 1.10 bits per heavy atom. The molecular formula is C17H15NO2. The van der Waals surface area contributed by atoms with Crippen LogP contribution in [-0.2, 0) is 0 Å². The van der Waals surface area contributed by atoms with Gasteiger partial charge in [-0.25, -0.2) is 0 Å². The number of non-ortho nitro benzene ring substituents is 1. The molecule has 0 aromatic heterocycles. The summed E-state index contributed by atoms with van der Waals surface area (Å²) >= 11 is 0. The Balaban J connectivity index is 2.18. The largest absolute Gasteiger partial charge is 0.269 e. The first kappa shape index (κ1) is 13.8. The molecule has 0 spiro atoms. The molecular weight excluding hydrogens is 250 g/mol. The van der Waals surface area contributed by atoms with E-state index in [1.165, 1.54) is 17.7 Å². The lowest BCUT2D eigenvalue weighted by atomic mass is 9.97. The van der Waals surface area contributed by atoms with Crippen molar-refractivity contribution in [2.45, 2.75) is 19.3 Å². The van der Waals surface area contributed by atoms with Crippen LogP contribution >= 0.6 is 0 Å². The van der Waals surface area contributed by atoms with Gasteiger partial charge in [0.1, 0.15) is 0 Å². The molecule has 2 aromatic rings. The van der Waals surface area contributed by atoms with Crippen molar-refractivity contribution >= 4 is 5.69 Å². The fourth-order valence-electron chi connectivity index (χ4n) is 1.94. The van der Waals surface area contributed by atoms with Gasteiger partial charge in [0.25, 0.3) is 5.69 Å². The van der Waals surface area contributed by atoms with Crippen LogP contribution in [0.1, 0.15) is 30.4 Å². The molecule has 0 heterocycles. The van der Waals surface area contributed by atoms with E-state index in [0.717, 1.165) is 12.0 Å². The van der Waals surface area contributed by atoms with Gasteiger partial charge in [0.05, 0.1) is 4.92 Å². The standard InChI is InChI=1S/C17H15NO2/c1-2-15(16-6-4-3-5-7-16)11-8-14-9-12-17(13-10-14)18(19)20/h3-7,9-10,12-13,15H,2H2,1H3/t15-/m0/s1. The van der Waals surface area contributed by atoms with E-state index >= 15 is 0 Å². The Labute approximate surface area is 118 Å². The number of hydrogen-bond acceptors (Lipinski definition) is 2. The van der Waals surface area contributed by atoms with Crippen molar-refractivity contribution in [2.75, 3.05) is 0 Å². The molecule has 2 rings (SSSR count). The van der Waals surface area contributed by atoms with Gasteiger partial charge in [-0.1, -0.05) is 49.1 Å². The van der Waals surface area contributed by atoms with Gasteiger partial charge in [0.2, 0.25) is 0 Å². The van der Waals surface area contributed by atoms with Crippen molar-refractivity contribution in [3.05, 3.63) is 75.8 Å². The normalized spacial score (nSPS) is 11.2. The zero-order valence-electron chi connectivity index (χ0n) is 11.2. The van der Waals surface area contributed by atoms with Gasteiger partial charge < -0.3 is 0 Å². The van der Waals surface area contributed by atoms with Crippen molar-refractivity contribution in [3.63, 3.8) is 0 Å². The predicted molar refractivity (Wildman–Crippen MR) is 79.4 cm³/mol. The summed E-state index contributed by atoms with van der Waals surface area (Å²) in [7, 11) is 0. The fourth-order valence-corrected chi connectivity index (χ4v) is 1.94. The van der Waals surface area contributed by atoms with E-state index in [1.54, 1.807) is 12.1 Å². The molecule has 0 N–H and O–H groups in total. The summed E-state index contributed by atoms with van der Waals surface area (Å²) in [5, 5.41) is 10.6. The third kappa shape index (κ3) is 3.46. The van der Waals surface area contributed by atoms with E-state index in [1.807, 2.05) is 18.2 Å². The molecule has 0 saturated heterocycles. The van der Waals surface area contributed by atoms with Gasteiger partial charge in [0, 0.05) is 23.6 Å². The summed E-state index contributed by atoms with van der Waals surface area (Å²) in [4.78, 5) is 10.2. The first-order valence-electron chi connectivity index (χ1n) is 6.51. The summed E-state index contributed by atoms with van der Waals surface area (Å²) in [5.74, 6) is 6.50. The molecule has 0 bridgehead atoms. The minimum Gasteiger partial charge on any atom is -0.258 e. The molecule has 0 saturated carbocycles. The maximum atomic E-state index is 10.6. The highest BCUT2D eigenvalue weighted by Crippen LogP contribution is 2.18. The Kier molecular flexibility index (Phi) is 4.52. The topological polar surface area (TPSA) is 43.1 Å². The molecule has 2 aromatic carbocycles. The summed E-state index contributed by atoms with van der Waals surface area (Å²) in [6.07, 6.45) is 0.935. The van der Waals surface area contributed by atoms with Crippen LogP contribution in [0, 0.1) is 22.0 Å². The Morgan fingerprint density at radius 3 is 2.30 bits per heavy atom. The number of nitro benzene ring substituents is 1. The van der Waals surface area contributed by atoms with Crippen LogP contribution in [0.2, 0.25) is 0 Å². The van der Waals surface area contributed by atoms with Gasteiger partial charge >= 0.3 is 0 Å². The van der Waals surface area contributed by atoms with E-state index in [-0.39, 0.29) is 11.6 Å². The van der Waals surface area contributed by atoms with Gasteiger partial charge in [-0.2, -0.15) is 0 Å². The van der Waals surface area contributed by atoms with Crippen molar-refractivity contribution in [3.8, 4) is 11.8 Å². The summed E-state index contributed by atoms with van der Waals surface area (Å²) in [5.41, 5.74) is 2.08. The lowest BCUT2D eigenvalue weighted by molar-refractivity contribution is -0.384. The third-order valence-electron chi connectivity index (χ3n) is 3.08. The van der Waals surface area contributed by atoms with Crippen molar-refractivity contribution in [1.82, 2.24) is 0 Å². The molecule has 0 amide bonds. The van der Waals surface area contributed by atoms with Gasteiger partial charge in [-0.05, 0) is 24.1 Å².